The zero-order chi connectivity index (χ0) is 20.3. The molecule has 2 heterocycles. The second kappa shape index (κ2) is 7.88. The summed E-state index contributed by atoms with van der Waals surface area (Å²) in [7, 11) is 0. The lowest BCUT2D eigenvalue weighted by atomic mass is 10.0. The highest BCUT2D eigenvalue weighted by Gasteiger charge is 2.25. The topological polar surface area (TPSA) is 158 Å². The first-order valence-corrected chi connectivity index (χ1v) is 8.29. The first-order valence-electron chi connectivity index (χ1n) is 8.29. The molecule has 0 fully saturated rings. The molecule has 0 bridgehead atoms. The van der Waals surface area contributed by atoms with Crippen LogP contribution in [0, 0.1) is 5.92 Å². The van der Waals surface area contributed by atoms with Crippen LogP contribution in [0.3, 0.4) is 0 Å². The van der Waals surface area contributed by atoms with Gasteiger partial charge in [-0.25, -0.2) is 19.9 Å². The van der Waals surface area contributed by atoms with Crippen molar-refractivity contribution >= 4 is 29.2 Å². The first-order chi connectivity index (χ1) is 13.4. The van der Waals surface area contributed by atoms with Crippen LogP contribution in [-0.2, 0) is 4.79 Å². The van der Waals surface area contributed by atoms with Crippen molar-refractivity contribution < 1.29 is 24.0 Å². The molecule has 1 atom stereocenters. The third-order valence-electron chi connectivity index (χ3n) is 3.81. The number of primary amides is 1. The van der Waals surface area contributed by atoms with Crippen LogP contribution < -0.4 is 16.0 Å². The molecule has 0 saturated carbocycles. The number of nitrogens with two attached hydrogens (primary N) is 1. The van der Waals surface area contributed by atoms with Gasteiger partial charge in [-0.05, 0) is 24.1 Å². The van der Waals surface area contributed by atoms with Crippen molar-refractivity contribution in [3.63, 3.8) is 0 Å². The number of rotatable bonds is 6. The van der Waals surface area contributed by atoms with Gasteiger partial charge in [-0.15, -0.1) is 5.10 Å². The summed E-state index contributed by atoms with van der Waals surface area (Å²) >= 11 is 0. The largest absolute Gasteiger partial charge is 0.438 e. The van der Waals surface area contributed by atoms with Crippen LogP contribution in [0.15, 0.2) is 34.9 Å². The Balaban J connectivity index is 1.92. The number of carbonyl (C=O) groups excluding carboxylic acids is 2. The minimum atomic E-state index is -0.919. The highest BCUT2D eigenvalue weighted by Crippen LogP contribution is 2.30. The van der Waals surface area contributed by atoms with E-state index >= 15 is 0 Å². The summed E-state index contributed by atoms with van der Waals surface area (Å²) in [6.07, 6.45) is 3.24. The number of hydroxylamine groups is 1. The number of carbonyl (C=O) groups is 2. The summed E-state index contributed by atoms with van der Waals surface area (Å²) in [6, 6.07) is 4.38. The van der Waals surface area contributed by atoms with Gasteiger partial charge in [0.15, 0.2) is 5.58 Å². The average Bonchev–Trinajstić information content (AvgIpc) is 3.25. The van der Waals surface area contributed by atoms with Gasteiger partial charge in [0.2, 0.25) is 5.89 Å². The molecule has 11 nitrogen and oxygen atoms in total. The number of nitrogens with one attached hydrogen (secondary N) is 1. The number of hydrogen-bond donors (Lipinski definition) is 3. The molecule has 146 valence electrons. The molecule has 28 heavy (non-hydrogen) atoms. The maximum absolute atomic E-state index is 11.1. The number of aromatic nitrogens is 4. The Hall–Kier alpha value is -3.73. The maximum atomic E-state index is 11.1. The Bertz CT molecular complexity index is 1040. The number of oxazole rings is 1. The molecular weight excluding hydrogens is 368 g/mol. The predicted octanol–water partition coefficient (Wildman–Crippen LogP) is 1.64. The van der Waals surface area contributed by atoms with Crippen molar-refractivity contribution in [3.05, 3.63) is 42.1 Å². The molecule has 2 aromatic heterocycles. The predicted molar refractivity (Wildman–Crippen MR) is 96.2 cm³/mol. The molecule has 4 N–H and O–H groups in total. The van der Waals surface area contributed by atoms with Gasteiger partial charge < -0.3 is 14.9 Å². The van der Waals surface area contributed by atoms with Gasteiger partial charge in [0.25, 0.3) is 5.91 Å². The van der Waals surface area contributed by atoms with E-state index in [1.54, 1.807) is 23.0 Å². The van der Waals surface area contributed by atoms with Crippen LogP contribution in [0.2, 0.25) is 0 Å². The van der Waals surface area contributed by atoms with Gasteiger partial charge in [-0.1, -0.05) is 19.1 Å². The summed E-state index contributed by atoms with van der Waals surface area (Å²) in [5.74, 6) is 0.0189. The molecule has 0 saturated heterocycles. The number of ether oxygens (including phenoxy) is 1. The van der Waals surface area contributed by atoms with Crippen LogP contribution >= 0.6 is 0 Å². The van der Waals surface area contributed by atoms with Crippen LogP contribution in [0.25, 0.3) is 17.2 Å². The van der Waals surface area contributed by atoms with E-state index in [4.69, 9.17) is 20.1 Å². The summed E-state index contributed by atoms with van der Waals surface area (Å²) in [5, 5.41) is 16.6. The van der Waals surface area contributed by atoms with Crippen molar-refractivity contribution in [1.29, 1.82) is 0 Å². The highest BCUT2D eigenvalue weighted by atomic mass is 16.5. The van der Waals surface area contributed by atoms with E-state index in [0.717, 1.165) is 6.08 Å². The normalized spacial score (nSPS) is 12.6. The summed E-state index contributed by atoms with van der Waals surface area (Å²) in [5.41, 5.74) is 7.95. The minimum Gasteiger partial charge on any atom is -0.438 e. The highest BCUT2D eigenvalue weighted by molar-refractivity contribution is 5.90. The molecular formula is C17H18N6O5. The molecule has 3 rings (SSSR count). The Morgan fingerprint density at radius 2 is 2.18 bits per heavy atom. The van der Waals surface area contributed by atoms with Gasteiger partial charge in [0.05, 0.1) is 6.20 Å². The van der Waals surface area contributed by atoms with Gasteiger partial charge >= 0.3 is 6.09 Å². The Morgan fingerprint density at radius 1 is 1.39 bits per heavy atom. The number of hydrogen-bond acceptors (Lipinski definition) is 8. The van der Waals surface area contributed by atoms with Crippen molar-refractivity contribution in [2.45, 2.75) is 19.9 Å². The molecule has 1 unspecified atom stereocenters. The lowest BCUT2D eigenvalue weighted by Crippen LogP contribution is -2.17. The minimum absolute atomic E-state index is 0.0497. The molecule has 1 aromatic carbocycles. The summed E-state index contributed by atoms with van der Waals surface area (Å²) in [6.45, 7) is 3.94. The molecule has 0 spiro atoms. The second-order valence-electron chi connectivity index (χ2n) is 6.22. The summed E-state index contributed by atoms with van der Waals surface area (Å²) < 4.78 is 12.3. The average molecular weight is 386 g/mol. The third-order valence-corrected chi connectivity index (χ3v) is 3.81. The number of nitrogens with zero attached hydrogens (tertiary/aromatic N) is 4. The van der Waals surface area contributed by atoms with E-state index < -0.39 is 12.0 Å². The fourth-order valence-corrected chi connectivity index (χ4v) is 2.63. The van der Waals surface area contributed by atoms with Gasteiger partial charge in [-0.3, -0.25) is 10.0 Å². The molecule has 0 aliphatic carbocycles. The van der Waals surface area contributed by atoms with Gasteiger partial charge in [0, 0.05) is 12.1 Å². The van der Waals surface area contributed by atoms with Crippen LogP contribution in [0.4, 0.5) is 4.79 Å². The van der Waals surface area contributed by atoms with Crippen LogP contribution in [0.5, 0.6) is 5.75 Å². The standard InChI is InChI=1S/C17H18N6O5/c1-9(2)15(23-8-10(20-22-23)3-6-14(24)21-26)16-19-12-5-4-11(27-17(18)25)7-13(12)28-16/h3-9,15,26H,1-2H3,(H2,18,25)(H,21,24)/b6-3+. The zero-order valence-electron chi connectivity index (χ0n) is 15.1. The van der Waals surface area contributed by atoms with Crippen molar-refractivity contribution in [2.75, 3.05) is 0 Å². The van der Waals surface area contributed by atoms with Crippen LogP contribution in [-0.4, -0.2) is 37.2 Å². The molecule has 2 amide bonds. The fourth-order valence-electron chi connectivity index (χ4n) is 2.63. The van der Waals surface area contributed by atoms with Gasteiger partial charge in [0.1, 0.15) is 23.0 Å². The second-order valence-corrected chi connectivity index (χ2v) is 6.22. The zero-order valence-corrected chi connectivity index (χ0v) is 15.1. The molecule has 0 radical (unpaired) electrons. The Morgan fingerprint density at radius 3 is 2.86 bits per heavy atom. The molecule has 11 heteroatoms. The lowest BCUT2D eigenvalue weighted by Gasteiger charge is -2.16. The van der Waals surface area contributed by atoms with E-state index in [0.29, 0.717) is 22.7 Å². The Labute approximate surface area is 158 Å². The maximum Gasteiger partial charge on any atom is 0.409 e. The number of amides is 2. The van der Waals surface area contributed by atoms with Crippen molar-refractivity contribution in [1.82, 2.24) is 25.5 Å². The van der Waals surface area contributed by atoms with Gasteiger partial charge in [-0.2, -0.15) is 0 Å². The first kappa shape index (κ1) is 19.0. The smallest absolute Gasteiger partial charge is 0.409 e. The van der Waals surface area contributed by atoms with E-state index in [1.165, 1.54) is 17.6 Å². The van der Waals surface area contributed by atoms with E-state index in [-0.39, 0.29) is 17.7 Å². The SMILES string of the molecule is CC(C)C(c1nc2ccc(OC(N)=O)cc2o1)n1cc(/C=C/C(=O)NO)nn1. The van der Waals surface area contributed by atoms with Crippen LogP contribution in [0.1, 0.15) is 31.5 Å². The molecule has 0 aliphatic heterocycles. The lowest BCUT2D eigenvalue weighted by molar-refractivity contribution is -0.124. The number of benzene rings is 1. The third kappa shape index (κ3) is 4.15. The monoisotopic (exact) mass is 386 g/mol. The van der Waals surface area contributed by atoms with E-state index in [2.05, 4.69) is 15.3 Å². The van der Waals surface area contributed by atoms with E-state index in [1.807, 2.05) is 13.8 Å². The Kier molecular flexibility index (Phi) is 5.36. The summed E-state index contributed by atoms with van der Waals surface area (Å²) in [4.78, 5) is 26.5. The van der Waals surface area contributed by atoms with E-state index in [9.17, 15) is 9.59 Å². The molecule has 3 aromatic rings. The molecule has 0 aliphatic rings. The fraction of sp³-hybridized carbons (Fsp3) is 0.235. The van der Waals surface area contributed by atoms with Crippen molar-refractivity contribution in [3.8, 4) is 5.75 Å². The quantitative estimate of drug-likeness (QED) is 0.327. The number of fused-ring (bicyclic) bond motifs is 1. The van der Waals surface area contributed by atoms with Crippen molar-refractivity contribution in [2.24, 2.45) is 11.7 Å².